The van der Waals surface area contributed by atoms with Gasteiger partial charge in [-0.05, 0) is 25.7 Å². The van der Waals surface area contributed by atoms with Gasteiger partial charge in [0.2, 0.25) is 0 Å². The van der Waals surface area contributed by atoms with Crippen LogP contribution in [-0.4, -0.2) is 35.5 Å². The summed E-state index contributed by atoms with van der Waals surface area (Å²) >= 11 is 0. The van der Waals surface area contributed by atoms with Crippen molar-refractivity contribution in [1.29, 1.82) is 0 Å². The zero-order valence-electron chi connectivity index (χ0n) is 9.29. The van der Waals surface area contributed by atoms with Gasteiger partial charge in [0.05, 0.1) is 6.10 Å². The highest BCUT2D eigenvalue weighted by atomic mass is 16.3. The van der Waals surface area contributed by atoms with Gasteiger partial charge in [-0.15, -0.1) is 0 Å². The summed E-state index contributed by atoms with van der Waals surface area (Å²) in [5.41, 5.74) is -0.0317. The topological polar surface area (TPSA) is 52.5 Å². The van der Waals surface area contributed by atoms with Gasteiger partial charge in [0.1, 0.15) is 0 Å². The summed E-state index contributed by atoms with van der Waals surface area (Å²) in [6, 6.07) is 0.532. The Kier molecular flexibility index (Phi) is 4.35. The molecule has 0 bridgehead atoms. The molecule has 1 aliphatic carbocycles. The molecule has 1 fully saturated rings. The van der Waals surface area contributed by atoms with Gasteiger partial charge in [0.25, 0.3) is 0 Å². The normalized spacial score (nSPS) is 29.1. The van der Waals surface area contributed by atoms with E-state index in [1.165, 1.54) is 0 Å². The minimum atomic E-state index is -0.0843. The number of nitrogens with one attached hydrogen (secondary N) is 1. The molecule has 0 amide bonds. The van der Waals surface area contributed by atoms with Crippen molar-refractivity contribution in [3.8, 4) is 0 Å². The molecule has 0 radical (unpaired) electrons. The van der Waals surface area contributed by atoms with Gasteiger partial charge in [0.15, 0.2) is 0 Å². The van der Waals surface area contributed by atoms with Crippen molar-refractivity contribution in [2.24, 2.45) is 5.41 Å². The van der Waals surface area contributed by atoms with E-state index < -0.39 is 0 Å². The molecule has 0 unspecified atom stereocenters. The van der Waals surface area contributed by atoms with Crippen LogP contribution in [0.1, 0.15) is 39.5 Å². The largest absolute Gasteiger partial charge is 0.396 e. The summed E-state index contributed by atoms with van der Waals surface area (Å²) in [4.78, 5) is 0. The van der Waals surface area contributed by atoms with Gasteiger partial charge in [-0.3, -0.25) is 0 Å². The lowest BCUT2D eigenvalue weighted by molar-refractivity contribution is 0.107. The lowest BCUT2D eigenvalue weighted by Crippen LogP contribution is -2.41. The lowest BCUT2D eigenvalue weighted by atomic mass is 9.90. The molecule has 1 saturated carbocycles. The molecule has 0 aromatic heterocycles. The van der Waals surface area contributed by atoms with Crippen LogP contribution in [0.3, 0.4) is 0 Å². The maximum Gasteiger partial charge on any atom is 0.0541 e. The lowest BCUT2D eigenvalue weighted by Gasteiger charge is -2.30. The van der Waals surface area contributed by atoms with Crippen molar-refractivity contribution < 1.29 is 10.2 Å². The highest BCUT2D eigenvalue weighted by molar-refractivity contribution is 4.79. The highest BCUT2D eigenvalue weighted by Gasteiger charge is 2.22. The van der Waals surface area contributed by atoms with Gasteiger partial charge in [-0.1, -0.05) is 13.8 Å². The molecule has 1 aliphatic rings. The Hall–Kier alpha value is -0.120. The summed E-state index contributed by atoms with van der Waals surface area (Å²) in [5, 5.41) is 21.9. The first-order valence-corrected chi connectivity index (χ1v) is 5.56. The third-order valence-corrected chi connectivity index (χ3v) is 2.99. The third-order valence-electron chi connectivity index (χ3n) is 2.99. The van der Waals surface area contributed by atoms with Crippen LogP contribution < -0.4 is 5.32 Å². The zero-order valence-corrected chi connectivity index (χ0v) is 9.29. The Morgan fingerprint density at radius 2 is 1.79 bits per heavy atom. The number of hydrogen-bond donors (Lipinski definition) is 3. The molecule has 0 aromatic carbocycles. The molecule has 0 aliphatic heterocycles. The standard InChI is InChI=1S/C11H23NO2/c1-11(2,8-13)7-12-9-3-5-10(14)6-4-9/h9-10,12-14H,3-8H2,1-2H3. The molecular weight excluding hydrogens is 178 g/mol. The Bertz CT molecular complexity index is 163. The molecular formula is C11H23NO2. The monoisotopic (exact) mass is 201 g/mol. The van der Waals surface area contributed by atoms with Gasteiger partial charge in [0, 0.05) is 24.6 Å². The van der Waals surface area contributed by atoms with Crippen LogP contribution >= 0.6 is 0 Å². The van der Waals surface area contributed by atoms with E-state index in [0.717, 1.165) is 32.2 Å². The smallest absolute Gasteiger partial charge is 0.0541 e. The average Bonchev–Trinajstić information content (AvgIpc) is 2.17. The van der Waals surface area contributed by atoms with Crippen molar-refractivity contribution in [2.45, 2.75) is 51.7 Å². The van der Waals surface area contributed by atoms with Crippen molar-refractivity contribution in [2.75, 3.05) is 13.2 Å². The van der Waals surface area contributed by atoms with Crippen LogP contribution in [0.15, 0.2) is 0 Å². The Labute approximate surface area is 86.5 Å². The second-order valence-electron chi connectivity index (χ2n) is 5.21. The number of rotatable bonds is 4. The summed E-state index contributed by atoms with van der Waals surface area (Å²) in [6.45, 7) is 5.18. The Balaban J connectivity index is 2.19. The zero-order chi connectivity index (χ0) is 10.6. The molecule has 3 nitrogen and oxygen atoms in total. The Morgan fingerprint density at radius 3 is 2.29 bits per heavy atom. The maximum atomic E-state index is 9.33. The van der Waals surface area contributed by atoms with E-state index in [2.05, 4.69) is 19.2 Å². The van der Waals surface area contributed by atoms with E-state index in [4.69, 9.17) is 5.11 Å². The fourth-order valence-electron chi connectivity index (χ4n) is 1.76. The van der Waals surface area contributed by atoms with Crippen LogP contribution in [-0.2, 0) is 0 Å². The molecule has 14 heavy (non-hydrogen) atoms. The van der Waals surface area contributed by atoms with E-state index in [1.807, 2.05) is 0 Å². The fourth-order valence-corrected chi connectivity index (χ4v) is 1.76. The molecule has 0 atom stereocenters. The first-order valence-electron chi connectivity index (χ1n) is 5.56. The first-order chi connectivity index (χ1) is 6.53. The van der Waals surface area contributed by atoms with E-state index in [0.29, 0.717) is 6.04 Å². The molecule has 0 heterocycles. The molecule has 0 spiro atoms. The van der Waals surface area contributed by atoms with Gasteiger partial charge < -0.3 is 15.5 Å². The van der Waals surface area contributed by atoms with E-state index >= 15 is 0 Å². The second kappa shape index (κ2) is 5.10. The maximum absolute atomic E-state index is 9.33. The molecule has 3 N–H and O–H groups in total. The summed E-state index contributed by atoms with van der Waals surface area (Å²) < 4.78 is 0. The van der Waals surface area contributed by atoms with Gasteiger partial charge >= 0.3 is 0 Å². The quantitative estimate of drug-likeness (QED) is 0.633. The molecule has 0 aromatic rings. The van der Waals surface area contributed by atoms with Crippen LogP contribution in [0.2, 0.25) is 0 Å². The van der Waals surface area contributed by atoms with Gasteiger partial charge in [-0.25, -0.2) is 0 Å². The summed E-state index contributed by atoms with van der Waals surface area (Å²) in [5.74, 6) is 0. The molecule has 84 valence electrons. The van der Waals surface area contributed by atoms with E-state index in [1.54, 1.807) is 0 Å². The number of hydrogen-bond acceptors (Lipinski definition) is 3. The predicted octanol–water partition coefficient (Wildman–Crippen LogP) is 0.898. The van der Waals surface area contributed by atoms with Crippen LogP contribution in [0, 0.1) is 5.41 Å². The highest BCUT2D eigenvalue weighted by Crippen LogP contribution is 2.20. The first kappa shape index (κ1) is 12.0. The average molecular weight is 201 g/mol. The van der Waals surface area contributed by atoms with Crippen molar-refractivity contribution >= 4 is 0 Å². The molecule has 0 saturated heterocycles. The minimum Gasteiger partial charge on any atom is -0.396 e. The van der Waals surface area contributed by atoms with Crippen LogP contribution in [0.4, 0.5) is 0 Å². The third kappa shape index (κ3) is 3.95. The van der Waals surface area contributed by atoms with Crippen molar-refractivity contribution in [1.82, 2.24) is 5.32 Å². The van der Waals surface area contributed by atoms with E-state index in [-0.39, 0.29) is 18.1 Å². The van der Waals surface area contributed by atoms with Crippen molar-refractivity contribution in [3.05, 3.63) is 0 Å². The van der Waals surface area contributed by atoms with Crippen molar-refractivity contribution in [3.63, 3.8) is 0 Å². The van der Waals surface area contributed by atoms with E-state index in [9.17, 15) is 5.11 Å². The Morgan fingerprint density at radius 1 is 1.21 bits per heavy atom. The summed E-state index contributed by atoms with van der Waals surface area (Å²) in [7, 11) is 0. The van der Waals surface area contributed by atoms with Crippen LogP contribution in [0.25, 0.3) is 0 Å². The predicted molar refractivity (Wildman–Crippen MR) is 57.1 cm³/mol. The van der Waals surface area contributed by atoms with Crippen LogP contribution in [0.5, 0.6) is 0 Å². The molecule has 3 heteroatoms. The number of aliphatic hydroxyl groups is 2. The fraction of sp³-hybridized carbons (Fsp3) is 1.00. The minimum absolute atomic E-state index is 0.0317. The van der Waals surface area contributed by atoms with Gasteiger partial charge in [-0.2, -0.15) is 0 Å². The summed E-state index contributed by atoms with van der Waals surface area (Å²) in [6.07, 6.45) is 3.86. The molecule has 1 rings (SSSR count). The SMILES string of the molecule is CC(C)(CO)CNC1CCC(O)CC1. The number of aliphatic hydroxyl groups excluding tert-OH is 2. The second-order valence-corrected chi connectivity index (χ2v) is 5.21.